The first kappa shape index (κ1) is 14.5. The summed E-state index contributed by atoms with van der Waals surface area (Å²) in [6, 6.07) is 12.0. The van der Waals surface area contributed by atoms with Crippen LogP contribution in [0.4, 0.5) is 0 Å². The van der Waals surface area contributed by atoms with Crippen molar-refractivity contribution in [3.63, 3.8) is 0 Å². The Balaban J connectivity index is 2.01. The molecule has 1 aliphatic heterocycles. The summed E-state index contributed by atoms with van der Waals surface area (Å²) in [7, 11) is 0. The summed E-state index contributed by atoms with van der Waals surface area (Å²) in [5.74, 6) is 0.889. The zero-order valence-corrected chi connectivity index (χ0v) is 12.6. The van der Waals surface area contributed by atoms with E-state index < -0.39 is 0 Å². The molecule has 0 saturated carbocycles. The van der Waals surface area contributed by atoms with Crippen molar-refractivity contribution in [3.8, 4) is 0 Å². The molecule has 2 rings (SSSR count). The number of likely N-dealkylation sites (N-methyl/N-ethyl adjacent to an activating group) is 1. The standard InChI is InChI=1S/C17H28N2/c1-4-18-17(16-8-6-5-7-9-16)13-19-11-10-14(2)12-15(19)3/h5-9,14-15,17-18H,4,10-13H2,1-3H3. The number of rotatable bonds is 5. The fourth-order valence-electron chi connectivity index (χ4n) is 3.18. The van der Waals surface area contributed by atoms with Crippen molar-refractivity contribution < 1.29 is 0 Å². The lowest BCUT2D eigenvalue weighted by molar-refractivity contribution is 0.117. The molecule has 1 fully saturated rings. The zero-order chi connectivity index (χ0) is 13.7. The summed E-state index contributed by atoms with van der Waals surface area (Å²) in [4.78, 5) is 2.65. The number of likely N-dealkylation sites (tertiary alicyclic amines) is 1. The molecule has 0 amide bonds. The summed E-state index contributed by atoms with van der Waals surface area (Å²) < 4.78 is 0. The van der Waals surface area contributed by atoms with Gasteiger partial charge in [-0.2, -0.15) is 0 Å². The van der Waals surface area contributed by atoms with Crippen molar-refractivity contribution in [1.82, 2.24) is 10.2 Å². The van der Waals surface area contributed by atoms with Crippen LogP contribution in [0.15, 0.2) is 30.3 Å². The van der Waals surface area contributed by atoms with Crippen molar-refractivity contribution in [3.05, 3.63) is 35.9 Å². The topological polar surface area (TPSA) is 15.3 Å². The molecule has 3 atom stereocenters. The first-order valence-electron chi connectivity index (χ1n) is 7.73. The van der Waals surface area contributed by atoms with Crippen molar-refractivity contribution in [2.45, 2.75) is 45.7 Å². The van der Waals surface area contributed by atoms with Crippen LogP contribution in [0.3, 0.4) is 0 Å². The third kappa shape index (κ3) is 4.05. The smallest absolute Gasteiger partial charge is 0.0449 e. The molecule has 1 N–H and O–H groups in total. The summed E-state index contributed by atoms with van der Waals surface area (Å²) in [6.07, 6.45) is 2.69. The normalized spacial score (nSPS) is 26.3. The first-order valence-corrected chi connectivity index (χ1v) is 7.73. The minimum absolute atomic E-state index is 0.460. The molecule has 0 aliphatic carbocycles. The first-order chi connectivity index (χ1) is 9.20. The summed E-state index contributed by atoms with van der Waals surface area (Å²) in [5.41, 5.74) is 1.41. The predicted octanol–water partition coefficient (Wildman–Crippen LogP) is 3.46. The Morgan fingerprint density at radius 2 is 2.00 bits per heavy atom. The fourth-order valence-corrected chi connectivity index (χ4v) is 3.18. The number of benzene rings is 1. The lowest BCUT2D eigenvalue weighted by Crippen LogP contribution is -2.44. The molecular weight excluding hydrogens is 232 g/mol. The second-order valence-corrected chi connectivity index (χ2v) is 5.99. The number of piperidine rings is 1. The minimum Gasteiger partial charge on any atom is -0.309 e. The van der Waals surface area contributed by atoms with Crippen LogP contribution in [0.25, 0.3) is 0 Å². The second kappa shape index (κ2) is 7.06. The molecule has 3 unspecified atom stereocenters. The molecule has 2 heteroatoms. The highest BCUT2D eigenvalue weighted by molar-refractivity contribution is 5.19. The molecule has 2 nitrogen and oxygen atoms in total. The molecule has 106 valence electrons. The van der Waals surface area contributed by atoms with Gasteiger partial charge in [0.15, 0.2) is 0 Å². The molecule has 1 heterocycles. The number of nitrogens with one attached hydrogen (secondary N) is 1. The molecular formula is C17H28N2. The van der Waals surface area contributed by atoms with Gasteiger partial charge in [-0.1, -0.05) is 44.2 Å². The van der Waals surface area contributed by atoms with Gasteiger partial charge in [-0.15, -0.1) is 0 Å². The van der Waals surface area contributed by atoms with Gasteiger partial charge in [-0.3, -0.25) is 4.90 Å². The van der Waals surface area contributed by atoms with E-state index in [1.807, 2.05) is 0 Å². The van der Waals surface area contributed by atoms with Gasteiger partial charge < -0.3 is 5.32 Å². The minimum atomic E-state index is 0.460. The Hall–Kier alpha value is -0.860. The predicted molar refractivity (Wildman–Crippen MR) is 82.3 cm³/mol. The Bertz CT molecular complexity index is 363. The van der Waals surface area contributed by atoms with Crippen molar-refractivity contribution >= 4 is 0 Å². The maximum Gasteiger partial charge on any atom is 0.0449 e. The summed E-state index contributed by atoms with van der Waals surface area (Å²) >= 11 is 0. The Morgan fingerprint density at radius 1 is 1.26 bits per heavy atom. The Kier molecular flexibility index (Phi) is 5.41. The molecule has 19 heavy (non-hydrogen) atoms. The van der Waals surface area contributed by atoms with E-state index in [0.717, 1.165) is 19.0 Å². The third-order valence-corrected chi connectivity index (χ3v) is 4.35. The van der Waals surface area contributed by atoms with Gasteiger partial charge in [0.05, 0.1) is 0 Å². The molecule has 1 aromatic rings. The van der Waals surface area contributed by atoms with Crippen LogP contribution in [-0.4, -0.2) is 30.6 Å². The third-order valence-electron chi connectivity index (χ3n) is 4.35. The van der Waals surface area contributed by atoms with Crippen LogP contribution in [0.5, 0.6) is 0 Å². The van der Waals surface area contributed by atoms with E-state index in [1.54, 1.807) is 0 Å². The molecule has 1 aliphatic rings. The largest absolute Gasteiger partial charge is 0.309 e. The summed E-state index contributed by atoms with van der Waals surface area (Å²) in [5, 5.41) is 3.64. The van der Waals surface area contributed by atoms with Crippen LogP contribution < -0.4 is 5.32 Å². The maximum atomic E-state index is 3.64. The van der Waals surface area contributed by atoms with Gasteiger partial charge in [0.1, 0.15) is 0 Å². The van der Waals surface area contributed by atoms with E-state index in [1.165, 1.54) is 24.9 Å². The highest BCUT2D eigenvalue weighted by Crippen LogP contribution is 2.24. The van der Waals surface area contributed by atoms with Gasteiger partial charge in [-0.05, 0) is 44.3 Å². The molecule has 0 bridgehead atoms. The van der Waals surface area contributed by atoms with E-state index in [9.17, 15) is 0 Å². The van der Waals surface area contributed by atoms with E-state index in [4.69, 9.17) is 0 Å². The average Bonchev–Trinajstić information content (AvgIpc) is 2.42. The van der Waals surface area contributed by atoms with Crippen molar-refractivity contribution in [1.29, 1.82) is 0 Å². The van der Waals surface area contributed by atoms with Crippen LogP contribution >= 0.6 is 0 Å². The van der Waals surface area contributed by atoms with Gasteiger partial charge in [-0.25, -0.2) is 0 Å². The monoisotopic (exact) mass is 260 g/mol. The SMILES string of the molecule is CCNC(CN1CCC(C)CC1C)c1ccccc1. The van der Waals surface area contributed by atoms with Crippen LogP contribution in [0.2, 0.25) is 0 Å². The molecule has 0 radical (unpaired) electrons. The van der Waals surface area contributed by atoms with E-state index in [2.05, 4.69) is 61.3 Å². The highest BCUT2D eigenvalue weighted by atomic mass is 15.2. The van der Waals surface area contributed by atoms with Crippen molar-refractivity contribution in [2.75, 3.05) is 19.6 Å². The maximum absolute atomic E-state index is 3.64. The van der Waals surface area contributed by atoms with Crippen LogP contribution in [0, 0.1) is 5.92 Å². The molecule has 0 aromatic heterocycles. The van der Waals surface area contributed by atoms with Crippen LogP contribution in [0.1, 0.15) is 45.2 Å². The van der Waals surface area contributed by atoms with E-state index in [-0.39, 0.29) is 0 Å². The van der Waals surface area contributed by atoms with Gasteiger partial charge in [0.25, 0.3) is 0 Å². The molecule has 1 saturated heterocycles. The summed E-state index contributed by atoms with van der Waals surface area (Å²) in [6.45, 7) is 10.4. The second-order valence-electron chi connectivity index (χ2n) is 5.99. The zero-order valence-electron chi connectivity index (χ0n) is 12.6. The Morgan fingerprint density at radius 3 is 2.63 bits per heavy atom. The van der Waals surface area contributed by atoms with Gasteiger partial charge in [0, 0.05) is 18.6 Å². The fraction of sp³-hybridized carbons (Fsp3) is 0.647. The average molecular weight is 260 g/mol. The van der Waals surface area contributed by atoms with Crippen LogP contribution in [-0.2, 0) is 0 Å². The highest BCUT2D eigenvalue weighted by Gasteiger charge is 2.25. The molecule has 1 aromatic carbocycles. The molecule has 0 spiro atoms. The lowest BCUT2D eigenvalue weighted by Gasteiger charge is -2.38. The Labute approximate surface area is 118 Å². The number of hydrogen-bond donors (Lipinski definition) is 1. The number of nitrogens with zero attached hydrogens (tertiary/aromatic N) is 1. The quantitative estimate of drug-likeness (QED) is 0.872. The van der Waals surface area contributed by atoms with Gasteiger partial charge in [0.2, 0.25) is 0 Å². The number of hydrogen-bond acceptors (Lipinski definition) is 2. The van der Waals surface area contributed by atoms with E-state index in [0.29, 0.717) is 12.1 Å². The van der Waals surface area contributed by atoms with Crippen molar-refractivity contribution in [2.24, 2.45) is 5.92 Å². The van der Waals surface area contributed by atoms with E-state index >= 15 is 0 Å². The lowest BCUT2D eigenvalue weighted by atomic mass is 9.92. The van der Waals surface area contributed by atoms with Gasteiger partial charge >= 0.3 is 0 Å².